The lowest BCUT2D eigenvalue weighted by Gasteiger charge is -2.01. The Morgan fingerprint density at radius 2 is 2.25 bits per heavy atom. The first-order chi connectivity index (χ1) is 7.72. The number of hydrogen-bond acceptors (Lipinski definition) is 3. The molecule has 2 aromatic rings. The summed E-state index contributed by atoms with van der Waals surface area (Å²) in [4.78, 5) is 4.13. The van der Waals surface area contributed by atoms with Crippen LogP contribution in [-0.2, 0) is 6.42 Å². The summed E-state index contributed by atoms with van der Waals surface area (Å²) in [6.45, 7) is 0.520. The fourth-order valence-corrected chi connectivity index (χ4v) is 1.95. The zero-order chi connectivity index (χ0) is 11.5. The zero-order valence-corrected chi connectivity index (χ0v) is 10.8. The number of nitrogens with zero attached hydrogens (tertiary/aromatic N) is 1. The number of hydrogen-bond donors (Lipinski definition) is 1. The molecule has 0 saturated heterocycles. The molecule has 1 heterocycles. The highest BCUT2D eigenvalue weighted by atomic mass is 79.9. The lowest BCUT2D eigenvalue weighted by atomic mass is 10.2. The lowest BCUT2D eigenvalue weighted by Crippen LogP contribution is -2.02. The van der Waals surface area contributed by atoms with E-state index in [9.17, 15) is 0 Å². The van der Waals surface area contributed by atoms with Crippen molar-refractivity contribution < 1.29 is 4.42 Å². The van der Waals surface area contributed by atoms with E-state index in [4.69, 9.17) is 21.8 Å². The maximum absolute atomic E-state index is 6.15. The standard InChI is InChI=1S/C11H10BrClN2O/c12-8-3-1-2-7(11(8)13)9-6-15-10(16-9)4-5-14/h1-3,6H,4-5,14H2. The summed E-state index contributed by atoms with van der Waals surface area (Å²) in [6, 6.07) is 5.67. The molecule has 5 heteroatoms. The molecular weight excluding hydrogens is 291 g/mol. The van der Waals surface area contributed by atoms with Crippen LogP contribution in [0, 0.1) is 0 Å². The third kappa shape index (κ3) is 2.29. The number of halogens is 2. The molecule has 0 radical (unpaired) electrons. The smallest absolute Gasteiger partial charge is 0.196 e. The first kappa shape index (κ1) is 11.6. The third-order valence-electron chi connectivity index (χ3n) is 2.13. The topological polar surface area (TPSA) is 52.0 Å². The summed E-state index contributed by atoms with van der Waals surface area (Å²) in [6.07, 6.45) is 2.30. The number of oxazole rings is 1. The van der Waals surface area contributed by atoms with Crippen LogP contribution in [0.15, 0.2) is 33.3 Å². The molecule has 0 aliphatic carbocycles. The van der Waals surface area contributed by atoms with Gasteiger partial charge in [-0.15, -0.1) is 0 Å². The molecule has 0 atom stereocenters. The van der Waals surface area contributed by atoms with Crippen LogP contribution in [0.1, 0.15) is 5.89 Å². The monoisotopic (exact) mass is 300 g/mol. The van der Waals surface area contributed by atoms with Gasteiger partial charge in [0.25, 0.3) is 0 Å². The van der Waals surface area contributed by atoms with Gasteiger partial charge in [-0.05, 0) is 28.1 Å². The van der Waals surface area contributed by atoms with E-state index in [1.807, 2.05) is 18.2 Å². The van der Waals surface area contributed by atoms with E-state index in [0.29, 0.717) is 29.6 Å². The summed E-state index contributed by atoms with van der Waals surface area (Å²) in [7, 11) is 0. The van der Waals surface area contributed by atoms with Crippen molar-refractivity contribution in [1.82, 2.24) is 4.98 Å². The minimum atomic E-state index is 0.520. The lowest BCUT2D eigenvalue weighted by molar-refractivity contribution is 0.508. The van der Waals surface area contributed by atoms with Gasteiger partial charge in [0.2, 0.25) is 0 Å². The Balaban J connectivity index is 2.39. The van der Waals surface area contributed by atoms with E-state index >= 15 is 0 Å². The molecule has 2 N–H and O–H groups in total. The Bertz CT molecular complexity index is 498. The molecule has 2 rings (SSSR count). The molecule has 3 nitrogen and oxygen atoms in total. The molecule has 84 valence electrons. The SMILES string of the molecule is NCCc1ncc(-c2cccc(Br)c2Cl)o1. The Morgan fingerprint density at radius 3 is 3.00 bits per heavy atom. The molecule has 0 spiro atoms. The minimum absolute atomic E-state index is 0.520. The van der Waals surface area contributed by atoms with E-state index in [-0.39, 0.29) is 0 Å². The van der Waals surface area contributed by atoms with Crippen LogP contribution in [0.25, 0.3) is 11.3 Å². The molecule has 1 aromatic heterocycles. The maximum Gasteiger partial charge on any atom is 0.196 e. The van der Waals surface area contributed by atoms with E-state index < -0.39 is 0 Å². The van der Waals surface area contributed by atoms with Gasteiger partial charge in [-0.1, -0.05) is 17.7 Å². The minimum Gasteiger partial charge on any atom is -0.441 e. The fourth-order valence-electron chi connectivity index (χ4n) is 1.37. The van der Waals surface area contributed by atoms with Gasteiger partial charge in [0, 0.05) is 23.0 Å². The van der Waals surface area contributed by atoms with E-state index in [2.05, 4.69) is 20.9 Å². The summed E-state index contributed by atoms with van der Waals surface area (Å²) in [5, 5.41) is 0.623. The average Bonchev–Trinajstić information content (AvgIpc) is 2.71. The van der Waals surface area contributed by atoms with Crippen LogP contribution in [0.5, 0.6) is 0 Å². The van der Waals surface area contributed by atoms with Crippen LogP contribution in [0.3, 0.4) is 0 Å². The molecule has 16 heavy (non-hydrogen) atoms. The van der Waals surface area contributed by atoms with Gasteiger partial charge in [0.15, 0.2) is 11.7 Å². The summed E-state index contributed by atoms with van der Waals surface area (Å²) < 4.78 is 6.39. The number of aromatic nitrogens is 1. The highest BCUT2D eigenvalue weighted by molar-refractivity contribution is 9.10. The van der Waals surface area contributed by atoms with E-state index in [1.165, 1.54) is 0 Å². The third-order valence-corrected chi connectivity index (χ3v) is 3.43. The number of benzene rings is 1. The molecule has 0 amide bonds. The van der Waals surface area contributed by atoms with Gasteiger partial charge >= 0.3 is 0 Å². The van der Waals surface area contributed by atoms with Crippen LogP contribution in [-0.4, -0.2) is 11.5 Å². The quantitative estimate of drug-likeness (QED) is 0.946. The van der Waals surface area contributed by atoms with Crippen molar-refractivity contribution in [2.24, 2.45) is 5.73 Å². The second-order valence-electron chi connectivity index (χ2n) is 3.26. The summed E-state index contributed by atoms with van der Waals surface area (Å²) in [5.41, 5.74) is 6.25. The highest BCUT2D eigenvalue weighted by Crippen LogP contribution is 2.33. The molecule has 0 unspecified atom stereocenters. The second-order valence-corrected chi connectivity index (χ2v) is 4.49. The van der Waals surface area contributed by atoms with Crippen molar-refractivity contribution in [3.8, 4) is 11.3 Å². The summed E-state index contributed by atoms with van der Waals surface area (Å²) >= 11 is 9.52. The molecule has 1 aromatic carbocycles. The molecular formula is C11H10BrClN2O. The molecule has 0 fully saturated rings. The van der Waals surface area contributed by atoms with Crippen molar-refractivity contribution >= 4 is 27.5 Å². The molecule has 0 aliphatic rings. The molecule has 0 saturated carbocycles. The van der Waals surface area contributed by atoms with Crippen molar-refractivity contribution in [3.63, 3.8) is 0 Å². The maximum atomic E-state index is 6.15. The van der Waals surface area contributed by atoms with Crippen LogP contribution < -0.4 is 5.73 Å². The normalized spacial score (nSPS) is 10.7. The Hall–Kier alpha value is -0.840. The predicted molar refractivity (Wildman–Crippen MR) is 67.4 cm³/mol. The second kappa shape index (κ2) is 4.99. The Labute approximate surface area is 107 Å². The van der Waals surface area contributed by atoms with Crippen LogP contribution in [0.4, 0.5) is 0 Å². The predicted octanol–water partition coefficient (Wildman–Crippen LogP) is 3.26. The van der Waals surface area contributed by atoms with Gasteiger partial charge in [0.05, 0.1) is 11.2 Å². The van der Waals surface area contributed by atoms with E-state index in [0.717, 1.165) is 10.0 Å². The van der Waals surface area contributed by atoms with Crippen LogP contribution in [0.2, 0.25) is 5.02 Å². The Kier molecular flexibility index (Phi) is 3.63. The average molecular weight is 302 g/mol. The fraction of sp³-hybridized carbons (Fsp3) is 0.182. The van der Waals surface area contributed by atoms with Gasteiger partial charge < -0.3 is 10.2 Å². The zero-order valence-electron chi connectivity index (χ0n) is 8.41. The highest BCUT2D eigenvalue weighted by Gasteiger charge is 2.11. The van der Waals surface area contributed by atoms with Gasteiger partial charge in [0.1, 0.15) is 0 Å². The number of rotatable bonds is 3. The van der Waals surface area contributed by atoms with Crippen molar-refractivity contribution in [2.75, 3.05) is 6.54 Å². The van der Waals surface area contributed by atoms with E-state index in [1.54, 1.807) is 6.20 Å². The first-order valence-corrected chi connectivity index (χ1v) is 5.98. The van der Waals surface area contributed by atoms with Gasteiger partial charge in [-0.3, -0.25) is 0 Å². The molecule has 0 bridgehead atoms. The van der Waals surface area contributed by atoms with Crippen molar-refractivity contribution in [3.05, 3.63) is 39.8 Å². The van der Waals surface area contributed by atoms with Gasteiger partial charge in [-0.2, -0.15) is 0 Å². The summed E-state index contributed by atoms with van der Waals surface area (Å²) in [5.74, 6) is 1.29. The largest absolute Gasteiger partial charge is 0.441 e. The molecule has 0 aliphatic heterocycles. The van der Waals surface area contributed by atoms with Gasteiger partial charge in [-0.25, -0.2) is 4.98 Å². The first-order valence-electron chi connectivity index (χ1n) is 4.81. The Morgan fingerprint density at radius 1 is 1.44 bits per heavy atom. The van der Waals surface area contributed by atoms with Crippen molar-refractivity contribution in [1.29, 1.82) is 0 Å². The van der Waals surface area contributed by atoms with Crippen LogP contribution >= 0.6 is 27.5 Å². The number of nitrogens with two attached hydrogens (primary N) is 1. The van der Waals surface area contributed by atoms with Crippen molar-refractivity contribution in [2.45, 2.75) is 6.42 Å².